The molecule has 0 saturated heterocycles. The molecule has 5 heteroatoms. The van der Waals surface area contributed by atoms with Crippen molar-refractivity contribution in [3.63, 3.8) is 0 Å². The zero-order chi connectivity index (χ0) is 14.5. The van der Waals surface area contributed by atoms with Gasteiger partial charge in [0, 0.05) is 28.0 Å². The second kappa shape index (κ2) is 6.43. The molecule has 2 rings (SSSR count). The first-order chi connectivity index (χ1) is 9.58. The van der Waals surface area contributed by atoms with Gasteiger partial charge < -0.3 is 5.73 Å². The van der Waals surface area contributed by atoms with Crippen LogP contribution in [0.1, 0.15) is 11.1 Å². The molecule has 0 saturated carbocycles. The van der Waals surface area contributed by atoms with E-state index in [1.165, 1.54) is 5.56 Å². The number of benzene rings is 2. The smallest absolute Gasteiger partial charge is 0.272 e. The van der Waals surface area contributed by atoms with Crippen LogP contribution in [0.2, 0.25) is 0 Å². The molecule has 0 radical (unpaired) electrons. The first kappa shape index (κ1) is 14.4. The van der Waals surface area contributed by atoms with Crippen molar-refractivity contribution in [1.29, 1.82) is 0 Å². The summed E-state index contributed by atoms with van der Waals surface area (Å²) in [5, 5.41) is 10.9. The van der Waals surface area contributed by atoms with Gasteiger partial charge in [0.15, 0.2) is 0 Å². The molecular formula is C15H16N2O2S. The van der Waals surface area contributed by atoms with Gasteiger partial charge in [-0.1, -0.05) is 24.3 Å². The van der Waals surface area contributed by atoms with E-state index in [-0.39, 0.29) is 10.6 Å². The first-order valence-electron chi connectivity index (χ1n) is 6.29. The van der Waals surface area contributed by atoms with E-state index in [2.05, 4.69) is 0 Å². The highest BCUT2D eigenvalue weighted by atomic mass is 32.2. The molecule has 2 aromatic rings. The predicted molar refractivity (Wildman–Crippen MR) is 83.1 cm³/mol. The zero-order valence-electron chi connectivity index (χ0n) is 11.2. The summed E-state index contributed by atoms with van der Waals surface area (Å²) in [5.74, 6) is 0.787. The van der Waals surface area contributed by atoms with Crippen molar-refractivity contribution < 1.29 is 4.92 Å². The van der Waals surface area contributed by atoms with Crippen LogP contribution in [-0.4, -0.2) is 10.7 Å². The van der Waals surface area contributed by atoms with E-state index in [0.29, 0.717) is 6.42 Å². The Morgan fingerprint density at radius 1 is 1.25 bits per heavy atom. The number of hydrogen-bond acceptors (Lipinski definition) is 4. The minimum atomic E-state index is -0.328. The summed E-state index contributed by atoms with van der Waals surface area (Å²) in [4.78, 5) is 11.7. The number of aryl methyl sites for hydroxylation is 2. The maximum Gasteiger partial charge on any atom is 0.272 e. The number of nitrogens with zero attached hydrogens (tertiary/aromatic N) is 1. The van der Waals surface area contributed by atoms with Gasteiger partial charge in [0.1, 0.15) is 0 Å². The Balaban J connectivity index is 2.03. The van der Waals surface area contributed by atoms with Gasteiger partial charge >= 0.3 is 0 Å². The summed E-state index contributed by atoms with van der Waals surface area (Å²) < 4.78 is 0. The van der Waals surface area contributed by atoms with Crippen molar-refractivity contribution in [3.8, 4) is 0 Å². The molecule has 0 atom stereocenters. The number of thioether (sulfide) groups is 1. The second-order valence-electron chi connectivity index (χ2n) is 4.51. The van der Waals surface area contributed by atoms with Gasteiger partial charge in [0.25, 0.3) is 5.69 Å². The Labute approximate surface area is 122 Å². The van der Waals surface area contributed by atoms with E-state index < -0.39 is 0 Å². The molecule has 2 N–H and O–H groups in total. The Morgan fingerprint density at radius 3 is 2.75 bits per heavy atom. The number of nitrogen functional groups attached to an aromatic ring is 1. The van der Waals surface area contributed by atoms with Crippen LogP contribution in [-0.2, 0) is 6.42 Å². The van der Waals surface area contributed by atoms with Gasteiger partial charge in [-0.15, -0.1) is 11.8 Å². The molecule has 104 valence electrons. The lowest BCUT2D eigenvalue weighted by atomic mass is 10.1. The Morgan fingerprint density at radius 2 is 2.00 bits per heavy atom. The Kier molecular flexibility index (Phi) is 4.63. The molecule has 0 fully saturated rings. The van der Waals surface area contributed by atoms with Gasteiger partial charge in [-0.3, -0.25) is 10.1 Å². The van der Waals surface area contributed by atoms with Crippen molar-refractivity contribution in [1.82, 2.24) is 0 Å². The molecule has 4 nitrogen and oxygen atoms in total. The maximum absolute atomic E-state index is 10.9. The van der Waals surface area contributed by atoms with Gasteiger partial charge in [-0.2, -0.15) is 0 Å². The molecule has 0 spiro atoms. The fourth-order valence-corrected chi connectivity index (χ4v) is 3.00. The highest BCUT2D eigenvalue weighted by molar-refractivity contribution is 7.99. The van der Waals surface area contributed by atoms with Crippen molar-refractivity contribution >= 4 is 23.1 Å². The van der Waals surface area contributed by atoms with Crippen LogP contribution < -0.4 is 5.73 Å². The van der Waals surface area contributed by atoms with Crippen LogP contribution in [0.4, 0.5) is 11.4 Å². The van der Waals surface area contributed by atoms with Crippen LogP contribution in [0.15, 0.2) is 47.4 Å². The fraction of sp³-hybridized carbons (Fsp3) is 0.200. The third-order valence-electron chi connectivity index (χ3n) is 3.03. The van der Waals surface area contributed by atoms with Crippen LogP contribution in [0.3, 0.4) is 0 Å². The SMILES string of the molecule is Cc1ccc(N)cc1SCCc1ccccc1[N+](=O)[O-]. The lowest BCUT2D eigenvalue weighted by Crippen LogP contribution is -1.97. The monoisotopic (exact) mass is 288 g/mol. The van der Waals surface area contributed by atoms with Crippen LogP contribution in [0.25, 0.3) is 0 Å². The average Bonchev–Trinajstić information content (AvgIpc) is 2.43. The Hall–Kier alpha value is -2.01. The molecule has 0 aliphatic rings. The lowest BCUT2D eigenvalue weighted by molar-refractivity contribution is -0.385. The van der Waals surface area contributed by atoms with E-state index in [9.17, 15) is 10.1 Å². The van der Waals surface area contributed by atoms with Crippen molar-refractivity contribution in [3.05, 3.63) is 63.7 Å². The highest BCUT2D eigenvalue weighted by Gasteiger charge is 2.11. The molecule has 0 amide bonds. The summed E-state index contributed by atoms with van der Waals surface area (Å²) in [6.07, 6.45) is 0.663. The number of nitro benzene ring substituents is 1. The van der Waals surface area contributed by atoms with Crippen LogP contribution >= 0.6 is 11.8 Å². The van der Waals surface area contributed by atoms with Crippen molar-refractivity contribution in [2.45, 2.75) is 18.2 Å². The predicted octanol–water partition coefficient (Wildman–Crippen LogP) is 3.82. The van der Waals surface area contributed by atoms with Crippen LogP contribution in [0.5, 0.6) is 0 Å². The summed E-state index contributed by atoms with van der Waals surface area (Å²) in [5.41, 5.74) is 8.65. The summed E-state index contributed by atoms with van der Waals surface area (Å²) in [7, 11) is 0. The van der Waals surface area contributed by atoms with E-state index >= 15 is 0 Å². The Bertz CT molecular complexity index is 629. The maximum atomic E-state index is 10.9. The number of rotatable bonds is 5. The average molecular weight is 288 g/mol. The molecule has 2 aromatic carbocycles. The molecule has 0 aliphatic carbocycles. The number of hydrogen-bond donors (Lipinski definition) is 1. The molecule has 20 heavy (non-hydrogen) atoms. The lowest BCUT2D eigenvalue weighted by Gasteiger charge is -2.07. The van der Waals surface area contributed by atoms with Gasteiger partial charge in [-0.05, 0) is 31.0 Å². The minimum Gasteiger partial charge on any atom is -0.399 e. The number of anilines is 1. The van der Waals surface area contributed by atoms with Gasteiger partial charge in [0.05, 0.1) is 4.92 Å². The van der Waals surface area contributed by atoms with E-state index in [0.717, 1.165) is 21.9 Å². The first-order valence-corrected chi connectivity index (χ1v) is 7.27. The minimum absolute atomic E-state index is 0.192. The van der Waals surface area contributed by atoms with E-state index in [1.54, 1.807) is 23.9 Å². The molecule has 0 unspecified atom stereocenters. The van der Waals surface area contributed by atoms with Crippen molar-refractivity contribution in [2.75, 3.05) is 11.5 Å². The molecule has 0 bridgehead atoms. The normalized spacial score (nSPS) is 10.4. The second-order valence-corrected chi connectivity index (χ2v) is 5.65. The highest BCUT2D eigenvalue weighted by Crippen LogP contribution is 2.27. The van der Waals surface area contributed by atoms with E-state index in [1.807, 2.05) is 37.3 Å². The quantitative estimate of drug-likeness (QED) is 0.393. The molecule has 0 heterocycles. The van der Waals surface area contributed by atoms with Crippen molar-refractivity contribution in [2.24, 2.45) is 0 Å². The topological polar surface area (TPSA) is 69.2 Å². The standard InChI is InChI=1S/C15H16N2O2S/c1-11-6-7-13(16)10-15(11)20-9-8-12-4-2-3-5-14(12)17(18)19/h2-7,10H,8-9,16H2,1H3. The third-order valence-corrected chi connectivity index (χ3v) is 4.19. The molecular weight excluding hydrogens is 272 g/mol. The molecule has 0 aliphatic heterocycles. The summed E-state index contributed by atoms with van der Waals surface area (Å²) >= 11 is 1.67. The largest absolute Gasteiger partial charge is 0.399 e. The fourth-order valence-electron chi connectivity index (χ4n) is 1.94. The number of para-hydroxylation sites is 1. The number of nitrogens with two attached hydrogens (primary N) is 1. The summed E-state index contributed by atoms with van der Waals surface area (Å²) in [6, 6.07) is 12.7. The zero-order valence-corrected chi connectivity index (χ0v) is 12.0. The van der Waals surface area contributed by atoms with Gasteiger partial charge in [0.2, 0.25) is 0 Å². The van der Waals surface area contributed by atoms with Crippen LogP contribution in [0, 0.1) is 17.0 Å². The molecule has 0 aromatic heterocycles. The van der Waals surface area contributed by atoms with Gasteiger partial charge in [-0.25, -0.2) is 0 Å². The van der Waals surface area contributed by atoms with E-state index in [4.69, 9.17) is 5.73 Å². The number of nitro groups is 1. The summed E-state index contributed by atoms with van der Waals surface area (Å²) in [6.45, 7) is 2.03. The third kappa shape index (κ3) is 3.51.